The quantitative estimate of drug-likeness (QED) is 0.815. The van der Waals surface area contributed by atoms with E-state index < -0.39 is 0 Å². The van der Waals surface area contributed by atoms with Crippen molar-refractivity contribution in [2.45, 2.75) is 13.5 Å². The molecule has 0 spiro atoms. The predicted octanol–water partition coefficient (Wildman–Crippen LogP) is 3.68. The predicted molar refractivity (Wildman–Crippen MR) is 62.6 cm³/mol. The van der Waals surface area contributed by atoms with Gasteiger partial charge in [0.25, 0.3) is 0 Å². The Labute approximate surface area is 97.5 Å². The minimum Gasteiger partial charge on any atom is -0.485 e. The standard InChI is InChI=1S/C11H10ClNOS/c1-8-7-15-11(13-8)6-14-10-5-3-2-4-9(10)12/h2-5,7H,6H2,1H3. The molecule has 1 aromatic heterocycles. The van der Waals surface area contributed by atoms with E-state index in [0.29, 0.717) is 17.4 Å². The van der Waals surface area contributed by atoms with Crippen molar-refractivity contribution in [3.8, 4) is 5.75 Å². The van der Waals surface area contributed by atoms with Gasteiger partial charge in [-0.15, -0.1) is 11.3 Å². The largest absolute Gasteiger partial charge is 0.485 e. The zero-order valence-corrected chi connectivity index (χ0v) is 9.81. The Hall–Kier alpha value is -1.06. The van der Waals surface area contributed by atoms with Crippen LogP contribution in [0.1, 0.15) is 10.7 Å². The van der Waals surface area contributed by atoms with Crippen LogP contribution >= 0.6 is 22.9 Å². The highest BCUT2D eigenvalue weighted by Crippen LogP contribution is 2.24. The van der Waals surface area contributed by atoms with E-state index in [-0.39, 0.29) is 0 Å². The lowest BCUT2D eigenvalue weighted by Gasteiger charge is -2.05. The third-order valence-corrected chi connectivity index (χ3v) is 3.11. The summed E-state index contributed by atoms with van der Waals surface area (Å²) in [6.45, 7) is 2.44. The van der Waals surface area contributed by atoms with Crippen molar-refractivity contribution in [3.63, 3.8) is 0 Å². The Morgan fingerprint density at radius 1 is 1.40 bits per heavy atom. The van der Waals surface area contributed by atoms with Gasteiger partial charge in [0.2, 0.25) is 0 Å². The molecule has 15 heavy (non-hydrogen) atoms. The third-order valence-electron chi connectivity index (χ3n) is 1.85. The molecule has 2 aromatic rings. The van der Waals surface area contributed by atoms with Crippen LogP contribution in [0.4, 0.5) is 0 Å². The van der Waals surface area contributed by atoms with Crippen molar-refractivity contribution in [2.24, 2.45) is 0 Å². The normalized spacial score (nSPS) is 10.3. The van der Waals surface area contributed by atoms with Crippen molar-refractivity contribution in [1.82, 2.24) is 4.98 Å². The first-order valence-corrected chi connectivity index (χ1v) is 5.80. The molecule has 0 bridgehead atoms. The van der Waals surface area contributed by atoms with Gasteiger partial charge < -0.3 is 4.74 Å². The van der Waals surface area contributed by atoms with E-state index in [1.807, 2.05) is 36.6 Å². The summed E-state index contributed by atoms with van der Waals surface area (Å²) >= 11 is 7.55. The molecule has 78 valence electrons. The Kier molecular flexibility index (Phi) is 3.23. The lowest BCUT2D eigenvalue weighted by molar-refractivity contribution is 0.305. The molecule has 0 saturated carbocycles. The molecule has 0 aliphatic carbocycles. The molecule has 0 aliphatic rings. The van der Waals surface area contributed by atoms with Gasteiger partial charge >= 0.3 is 0 Å². The van der Waals surface area contributed by atoms with Crippen molar-refractivity contribution in [2.75, 3.05) is 0 Å². The maximum Gasteiger partial charge on any atom is 0.140 e. The summed E-state index contributed by atoms with van der Waals surface area (Å²) in [5.74, 6) is 0.701. The van der Waals surface area contributed by atoms with Crippen LogP contribution in [0.5, 0.6) is 5.75 Å². The van der Waals surface area contributed by atoms with E-state index in [1.165, 1.54) is 0 Å². The number of aromatic nitrogens is 1. The summed E-state index contributed by atoms with van der Waals surface area (Å²) < 4.78 is 5.55. The van der Waals surface area contributed by atoms with Crippen molar-refractivity contribution in [3.05, 3.63) is 45.4 Å². The van der Waals surface area contributed by atoms with E-state index in [4.69, 9.17) is 16.3 Å². The number of para-hydroxylation sites is 1. The molecule has 0 saturated heterocycles. The number of hydrogen-bond acceptors (Lipinski definition) is 3. The Bertz CT molecular complexity index is 455. The number of nitrogens with zero attached hydrogens (tertiary/aromatic N) is 1. The first kappa shape index (κ1) is 10.5. The van der Waals surface area contributed by atoms with E-state index in [2.05, 4.69) is 4.98 Å². The Morgan fingerprint density at radius 2 is 2.20 bits per heavy atom. The van der Waals surface area contributed by atoms with Crippen LogP contribution in [-0.2, 0) is 6.61 Å². The van der Waals surface area contributed by atoms with Crippen LogP contribution in [0, 0.1) is 6.92 Å². The fraction of sp³-hybridized carbons (Fsp3) is 0.182. The molecule has 2 nitrogen and oxygen atoms in total. The molecular formula is C11H10ClNOS. The van der Waals surface area contributed by atoms with Crippen LogP contribution < -0.4 is 4.74 Å². The first-order valence-electron chi connectivity index (χ1n) is 4.54. The smallest absolute Gasteiger partial charge is 0.140 e. The maximum absolute atomic E-state index is 5.95. The molecule has 0 atom stereocenters. The fourth-order valence-corrected chi connectivity index (χ4v) is 2.04. The van der Waals surface area contributed by atoms with Gasteiger partial charge in [-0.2, -0.15) is 0 Å². The van der Waals surface area contributed by atoms with Gasteiger partial charge in [-0.25, -0.2) is 4.98 Å². The fourth-order valence-electron chi connectivity index (χ4n) is 1.17. The summed E-state index contributed by atoms with van der Waals surface area (Å²) in [5, 5.41) is 3.60. The number of ether oxygens (including phenoxy) is 1. The van der Waals surface area contributed by atoms with Gasteiger partial charge in [0.1, 0.15) is 17.4 Å². The second kappa shape index (κ2) is 4.64. The van der Waals surface area contributed by atoms with Gasteiger partial charge in [0.15, 0.2) is 0 Å². The first-order chi connectivity index (χ1) is 7.25. The highest BCUT2D eigenvalue weighted by molar-refractivity contribution is 7.09. The van der Waals surface area contributed by atoms with Crippen LogP contribution in [0.25, 0.3) is 0 Å². The van der Waals surface area contributed by atoms with E-state index >= 15 is 0 Å². The van der Waals surface area contributed by atoms with Crippen molar-refractivity contribution in [1.29, 1.82) is 0 Å². The third kappa shape index (κ3) is 2.70. The molecule has 1 heterocycles. The molecule has 1 aromatic carbocycles. The number of halogens is 1. The van der Waals surface area contributed by atoms with Crippen LogP contribution in [-0.4, -0.2) is 4.98 Å². The summed E-state index contributed by atoms with van der Waals surface area (Å²) in [6, 6.07) is 7.43. The highest BCUT2D eigenvalue weighted by atomic mass is 35.5. The Morgan fingerprint density at radius 3 is 2.87 bits per heavy atom. The van der Waals surface area contributed by atoms with Gasteiger partial charge in [-0.05, 0) is 19.1 Å². The van der Waals surface area contributed by atoms with Gasteiger partial charge in [-0.1, -0.05) is 23.7 Å². The lowest BCUT2D eigenvalue weighted by atomic mass is 10.3. The molecule has 0 amide bonds. The molecule has 2 rings (SSSR count). The van der Waals surface area contributed by atoms with E-state index in [9.17, 15) is 0 Å². The minimum absolute atomic E-state index is 0.474. The number of aryl methyl sites for hydroxylation is 1. The average molecular weight is 240 g/mol. The van der Waals surface area contributed by atoms with Crippen molar-refractivity contribution < 1.29 is 4.74 Å². The SMILES string of the molecule is Cc1csc(COc2ccccc2Cl)n1. The second-order valence-corrected chi connectivity index (χ2v) is 4.45. The monoisotopic (exact) mass is 239 g/mol. The van der Waals surface area contributed by atoms with Crippen molar-refractivity contribution >= 4 is 22.9 Å². The number of thiazole rings is 1. The van der Waals surface area contributed by atoms with E-state index in [1.54, 1.807) is 11.3 Å². The second-order valence-electron chi connectivity index (χ2n) is 3.10. The zero-order chi connectivity index (χ0) is 10.7. The highest BCUT2D eigenvalue weighted by Gasteiger charge is 2.02. The summed E-state index contributed by atoms with van der Waals surface area (Å²) in [7, 11) is 0. The van der Waals surface area contributed by atoms with Crippen LogP contribution in [0.2, 0.25) is 5.02 Å². The average Bonchev–Trinajstić information content (AvgIpc) is 2.63. The number of rotatable bonds is 3. The van der Waals surface area contributed by atoms with Gasteiger partial charge in [0.05, 0.1) is 5.02 Å². The minimum atomic E-state index is 0.474. The summed E-state index contributed by atoms with van der Waals surface area (Å²) in [6.07, 6.45) is 0. The van der Waals surface area contributed by atoms with Crippen LogP contribution in [0.15, 0.2) is 29.6 Å². The van der Waals surface area contributed by atoms with Crippen LogP contribution in [0.3, 0.4) is 0 Å². The Balaban J connectivity index is 2.02. The molecule has 0 N–H and O–H groups in total. The molecule has 0 aliphatic heterocycles. The van der Waals surface area contributed by atoms with E-state index in [0.717, 1.165) is 10.7 Å². The molecule has 4 heteroatoms. The molecular weight excluding hydrogens is 230 g/mol. The number of benzene rings is 1. The molecule has 0 fully saturated rings. The maximum atomic E-state index is 5.95. The number of hydrogen-bond donors (Lipinski definition) is 0. The summed E-state index contributed by atoms with van der Waals surface area (Å²) in [4.78, 5) is 4.31. The summed E-state index contributed by atoms with van der Waals surface area (Å²) in [5.41, 5.74) is 1.03. The lowest BCUT2D eigenvalue weighted by Crippen LogP contribution is -1.95. The molecule has 0 radical (unpaired) electrons. The topological polar surface area (TPSA) is 22.1 Å². The zero-order valence-electron chi connectivity index (χ0n) is 8.24. The molecule has 0 unspecified atom stereocenters. The van der Waals surface area contributed by atoms with Gasteiger partial charge in [-0.3, -0.25) is 0 Å². The van der Waals surface area contributed by atoms with Gasteiger partial charge in [0, 0.05) is 11.1 Å².